The minimum absolute atomic E-state index is 0.00970. The molecular weight excluding hydrogens is 497 g/mol. The fourth-order valence-electron chi connectivity index (χ4n) is 5.07. The lowest BCUT2D eigenvalue weighted by Gasteiger charge is -2.32. The summed E-state index contributed by atoms with van der Waals surface area (Å²) in [6.07, 6.45) is 3.86. The van der Waals surface area contributed by atoms with Gasteiger partial charge in [0.15, 0.2) is 0 Å². The Morgan fingerprint density at radius 2 is 1.61 bits per heavy atom. The van der Waals surface area contributed by atoms with Gasteiger partial charge in [0.1, 0.15) is 0 Å². The van der Waals surface area contributed by atoms with Gasteiger partial charge < -0.3 is 0 Å². The van der Waals surface area contributed by atoms with Crippen molar-refractivity contribution >= 4 is 46.6 Å². The van der Waals surface area contributed by atoms with Crippen molar-refractivity contribution in [3.63, 3.8) is 0 Å². The van der Waals surface area contributed by atoms with E-state index in [0.29, 0.717) is 21.5 Å². The average Bonchev–Trinajstić information content (AvgIpc) is 3.25. The Morgan fingerprint density at radius 1 is 1.00 bits per heavy atom. The highest BCUT2D eigenvalue weighted by atomic mass is 35.5. The van der Waals surface area contributed by atoms with Crippen LogP contribution in [0.5, 0.6) is 0 Å². The first-order chi connectivity index (χ1) is 17.3. The molecule has 1 aliphatic heterocycles. The normalized spacial score (nSPS) is 22.3. The van der Waals surface area contributed by atoms with Gasteiger partial charge in [-0.3, -0.25) is 14.9 Å². The Labute approximate surface area is 219 Å². The molecule has 5 rings (SSSR count). The molecular formula is C28H23Cl2N3O3. The molecule has 6 nitrogen and oxygen atoms in total. The number of benzene rings is 3. The minimum atomic E-state index is -0.482. The number of non-ortho nitro benzene ring substituents is 1. The Morgan fingerprint density at radius 3 is 2.22 bits per heavy atom. The summed E-state index contributed by atoms with van der Waals surface area (Å²) in [5, 5.41) is 18.8. The van der Waals surface area contributed by atoms with E-state index >= 15 is 0 Å². The number of nitrogens with zero attached hydrogens (tertiary/aromatic N) is 3. The average molecular weight is 520 g/mol. The lowest BCUT2D eigenvalue weighted by Crippen LogP contribution is -2.33. The molecule has 0 aromatic heterocycles. The number of rotatable bonds is 4. The second-order valence-electron chi connectivity index (χ2n) is 9.31. The van der Waals surface area contributed by atoms with Crippen molar-refractivity contribution < 1.29 is 9.72 Å². The number of allylic oxidation sites excluding steroid dienone is 1. The molecule has 0 radical (unpaired) electrons. The molecule has 0 unspecified atom stereocenters. The highest BCUT2D eigenvalue weighted by Crippen LogP contribution is 2.46. The summed E-state index contributed by atoms with van der Waals surface area (Å²) < 4.78 is 0. The Kier molecular flexibility index (Phi) is 6.65. The molecule has 3 aromatic rings. The zero-order valence-corrected chi connectivity index (χ0v) is 21.0. The fourth-order valence-corrected chi connectivity index (χ4v) is 5.32. The summed E-state index contributed by atoms with van der Waals surface area (Å²) in [5.74, 6) is 0.109. The molecule has 1 fully saturated rings. The molecule has 8 heteroatoms. The first kappa shape index (κ1) is 24.2. The molecule has 0 bridgehead atoms. The third-order valence-corrected chi connectivity index (χ3v) is 7.22. The van der Waals surface area contributed by atoms with Gasteiger partial charge in [-0.1, -0.05) is 54.4 Å². The summed E-state index contributed by atoms with van der Waals surface area (Å²) in [7, 11) is 0. The van der Waals surface area contributed by atoms with E-state index in [1.54, 1.807) is 0 Å². The van der Waals surface area contributed by atoms with E-state index in [2.05, 4.69) is 13.0 Å². The summed E-state index contributed by atoms with van der Waals surface area (Å²) in [6.45, 7) is 2.21. The molecule has 1 aliphatic carbocycles. The van der Waals surface area contributed by atoms with Crippen molar-refractivity contribution in [2.24, 2.45) is 16.9 Å². The Balaban J connectivity index is 1.58. The van der Waals surface area contributed by atoms with Crippen LogP contribution in [0.25, 0.3) is 6.08 Å². The molecule has 0 saturated heterocycles. The van der Waals surface area contributed by atoms with Crippen molar-refractivity contribution in [1.29, 1.82) is 0 Å². The van der Waals surface area contributed by atoms with Crippen LogP contribution in [0.2, 0.25) is 10.0 Å². The second kappa shape index (κ2) is 9.88. The van der Waals surface area contributed by atoms with Crippen LogP contribution < -0.4 is 0 Å². The van der Waals surface area contributed by atoms with Crippen LogP contribution in [0, 0.1) is 22.0 Å². The van der Waals surface area contributed by atoms with Gasteiger partial charge in [0.25, 0.3) is 11.6 Å². The first-order valence-electron chi connectivity index (χ1n) is 11.7. The first-order valence-corrected chi connectivity index (χ1v) is 12.4. The van der Waals surface area contributed by atoms with Gasteiger partial charge in [0.05, 0.1) is 16.7 Å². The van der Waals surface area contributed by atoms with Gasteiger partial charge in [0, 0.05) is 33.7 Å². The lowest BCUT2D eigenvalue weighted by atomic mass is 9.73. The smallest absolute Gasteiger partial charge is 0.267 e. The van der Waals surface area contributed by atoms with Gasteiger partial charge in [0.2, 0.25) is 0 Å². The highest BCUT2D eigenvalue weighted by molar-refractivity contribution is 6.30. The number of amides is 1. The fraction of sp³-hybridized carbons (Fsp3) is 0.214. The van der Waals surface area contributed by atoms with Crippen molar-refractivity contribution in [1.82, 2.24) is 5.01 Å². The number of hydrogen-bond acceptors (Lipinski definition) is 4. The second-order valence-corrected chi connectivity index (χ2v) is 10.2. The van der Waals surface area contributed by atoms with Crippen LogP contribution in [0.4, 0.5) is 5.69 Å². The molecule has 36 heavy (non-hydrogen) atoms. The van der Waals surface area contributed by atoms with Gasteiger partial charge in [-0.2, -0.15) is 5.10 Å². The van der Waals surface area contributed by atoms with E-state index < -0.39 is 4.92 Å². The predicted molar refractivity (Wildman–Crippen MR) is 142 cm³/mol. The van der Waals surface area contributed by atoms with Gasteiger partial charge in [-0.05, 0) is 77.9 Å². The van der Waals surface area contributed by atoms with Gasteiger partial charge in [-0.25, -0.2) is 5.01 Å². The van der Waals surface area contributed by atoms with Crippen LogP contribution >= 0.6 is 23.2 Å². The number of hydrazone groups is 1. The van der Waals surface area contributed by atoms with Crippen LogP contribution in [0.3, 0.4) is 0 Å². The van der Waals surface area contributed by atoms with Crippen LogP contribution in [0.15, 0.2) is 83.5 Å². The topological polar surface area (TPSA) is 75.8 Å². The Bertz CT molecular complexity index is 1370. The molecule has 2 aliphatic rings. The maximum Gasteiger partial charge on any atom is 0.274 e. The molecule has 0 spiro atoms. The van der Waals surface area contributed by atoms with Crippen molar-refractivity contribution in [2.75, 3.05) is 0 Å². The van der Waals surface area contributed by atoms with Crippen molar-refractivity contribution in [2.45, 2.75) is 25.8 Å². The maximum atomic E-state index is 13.7. The molecule has 1 amide bonds. The maximum absolute atomic E-state index is 13.7. The van der Waals surface area contributed by atoms with Crippen molar-refractivity contribution in [3.05, 3.63) is 115 Å². The van der Waals surface area contributed by atoms with E-state index in [4.69, 9.17) is 28.3 Å². The Hall–Kier alpha value is -3.48. The number of hydrogen-bond donors (Lipinski definition) is 0. The predicted octanol–water partition coefficient (Wildman–Crippen LogP) is 7.58. The van der Waals surface area contributed by atoms with Crippen LogP contribution in [-0.2, 0) is 0 Å². The number of nitro groups is 1. The summed E-state index contributed by atoms with van der Waals surface area (Å²) >= 11 is 12.2. The van der Waals surface area contributed by atoms with Crippen molar-refractivity contribution in [3.8, 4) is 0 Å². The molecule has 3 atom stereocenters. The SMILES string of the molecule is C[C@@H]1C/C(=C\c2ccc(Cl)cc2)C2=NN(C(=O)c3ccc([N+](=O)[O-])cc3)[C@H](c3ccc(Cl)cc3)[C@@H]2C1. The van der Waals surface area contributed by atoms with E-state index in [0.717, 1.165) is 35.3 Å². The van der Waals surface area contributed by atoms with E-state index in [-0.39, 0.29) is 23.6 Å². The summed E-state index contributed by atoms with van der Waals surface area (Å²) in [5.41, 5.74) is 4.24. The zero-order valence-electron chi connectivity index (χ0n) is 19.5. The number of carbonyl (C=O) groups excluding carboxylic acids is 1. The molecule has 0 N–H and O–H groups in total. The quantitative estimate of drug-likeness (QED) is 0.263. The van der Waals surface area contributed by atoms with E-state index in [1.165, 1.54) is 29.3 Å². The lowest BCUT2D eigenvalue weighted by molar-refractivity contribution is -0.384. The van der Waals surface area contributed by atoms with E-state index in [9.17, 15) is 14.9 Å². The van der Waals surface area contributed by atoms with E-state index in [1.807, 2.05) is 48.5 Å². The molecule has 1 heterocycles. The van der Waals surface area contributed by atoms with Crippen LogP contribution in [0.1, 0.15) is 47.3 Å². The van der Waals surface area contributed by atoms with Gasteiger partial charge in [-0.15, -0.1) is 0 Å². The number of halogens is 2. The monoisotopic (exact) mass is 519 g/mol. The standard InChI is InChI=1S/C28H23Cl2N3O3/c1-17-14-21(16-18-2-8-22(29)9-3-18)26-25(15-17)27(19-4-10-23(30)11-5-19)32(31-26)28(34)20-6-12-24(13-7-20)33(35)36/h2-13,16-17,25,27H,14-15H2,1H3/b21-16+/t17-,25-,27-/m1/s1. The minimum Gasteiger partial charge on any atom is -0.267 e. The molecule has 182 valence electrons. The zero-order chi connectivity index (χ0) is 25.4. The number of fused-ring (bicyclic) bond motifs is 1. The molecule has 1 saturated carbocycles. The van der Waals surface area contributed by atoms with Gasteiger partial charge >= 0.3 is 0 Å². The largest absolute Gasteiger partial charge is 0.274 e. The molecule has 3 aromatic carbocycles. The third kappa shape index (κ3) is 4.79. The summed E-state index contributed by atoms with van der Waals surface area (Å²) in [6, 6.07) is 20.5. The number of carbonyl (C=O) groups is 1. The highest BCUT2D eigenvalue weighted by Gasteiger charge is 2.45. The summed E-state index contributed by atoms with van der Waals surface area (Å²) in [4.78, 5) is 24.3. The third-order valence-electron chi connectivity index (χ3n) is 6.72. The van der Waals surface area contributed by atoms with Crippen LogP contribution in [-0.4, -0.2) is 21.6 Å². The number of nitro benzene ring substituents is 1.